The Hall–Kier alpha value is -0.300. The summed E-state index contributed by atoms with van der Waals surface area (Å²) in [5, 5.41) is 0. The zero-order valence-corrected chi connectivity index (χ0v) is 8.74. The van der Waals surface area contributed by atoms with Gasteiger partial charge in [-0.15, -0.1) is 0 Å². The first-order valence-corrected chi connectivity index (χ1v) is 4.85. The van der Waals surface area contributed by atoms with E-state index in [2.05, 4.69) is 27.7 Å². The molecule has 0 saturated heterocycles. The molecule has 70 valence electrons. The molecular formula is C11H20O. The van der Waals surface area contributed by atoms with Crippen LogP contribution in [-0.4, -0.2) is 13.2 Å². The van der Waals surface area contributed by atoms with E-state index in [0.29, 0.717) is 5.41 Å². The lowest BCUT2D eigenvalue weighted by molar-refractivity contribution is 0.136. The molecule has 0 aromatic heterocycles. The summed E-state index contributed by atoms with van der Waals surface area (Å²) in [7, 11) is 0. The molecule has 0 atom stereocenters. The summed E-state index contributed by atoms with van der Waals surface area (Å²) < 4.78 is 5.44. The van der Waals surface area contributed by atoms with Gasteiger partial charge in [-0.25, -0.2) is 0 Å². The molecule has 1 nitrogen and oxygen atoms in total. The van der Waals surface area contributed by atoms with Crippen LogP contribution >= 0.6 is 0 Å². The van der Waals surface area contributed by atoms with Gasteiger partial charge in [-0.2, -0.15) is 0 Å². The van der Waals surface area contributed by atoms with E-state index >= 15 is 0 Å². The van der Waals surface area contributed by atoms with E-state index < -0.39 is 0 Å². The molecular weight excluding hydrogens is 148 g/mol. The van der Waals surface area contributed by atoms with Crippen molar-refractivity contribution >= 4 is 0 Å². The monoisotopic (exact) mass is 168 g/mol. The fraction of sp³-hybridized carbons (Fsp3) is 0.818. The molecule has 0 radical (unpaired) electrons. The summed E-state index contributed by atoms with van der Waals surface area (Å²) in [5.41, 5.74) is 3.49. The van der Waals surface area contributed by atoms with Gasteiger partial charge in [0, 0.05) is 0 Å². The number of ether oxygens (including phenoxy) is 1. The fourth-order valence-corrected chi connectivity index (χ4v) is 1.85. The van der Waals surface area contributed by atoms with Gasteiger partial charge >= 0.3 is 0 Å². The molecule has 0 unspecified atom stereocenters. The largest absolute Gasteiger partial charge is 0.377 e. The first kappa shape index (κ1) is 9.79. The highest BCUT2D eigenvalue weighted by Gasteiger charge is 2.22. The topological polar surface area (TPSA) is 9.23 Å². The van der Waals surface area contributed by atoms with Gasteiger partial charge in [0.1, 0.15) is 0 Å². The van der Waals surface area contributed by atoms with E-state index in [1.54, 1.807) is 5.57 Å². The second kappa shape index (κ2) is 3.61. The first-order valence-electron chi connectivity index (χ1n) is 4.85. The van der Waals surface area contributed by atoms with Crippen molar-refractivity contribution in [2.45, 2.75) is 40.5 Å². The molecule has 1 rings (SSSR count). The van der Waals surface area contributed by atoms with Crippen LogP contribution in [0.15, 0.2) is 11.1 Å². The molecule has 0 aliphatic carbocycles. The van der Waals surface area contributed by atoms with E-state index in [4.69, 9.17) is 4.74 Å². The Morgan fingerprint density at radius 3 is 2.42 bits per heavy atom. The second-order valence-electron chi connectivity index (χ2n) is 4.49. The minimum Gasteiger partial charge on any atom is -0.377 e. The lowest BCUT2D eigenvalue weighted by Crippen LogP contribution is -2.20. The van der Waals surface area contributed by atoms with Crippen molar-refractivity contribution in [3.05, 3.63) is 11.1 Å². The molecule has 0 saturated carbocycles. The zero-order valence-electron chi connectivity index (χ0n) is 8.74. The molecule has 1 heterocycles. The maximum atomic E-state index is 5.44. The third kappa shape index (κ3) is 2.10. The van der Waals surface area contributed by atoms with Gasteiger partial charge in [0.2, 0.25) is 0 Å². The summed E-state index contributed by atoms with van der Waals surface area (Å²) >= 11 is 0. The van der Waals surface area contributed by atoms with Crippen LogP contribution in [0.1, 0.15) is 40.5 Å². The van der Waals surface area contributed by atoms with Crippen LogP contribution in [0.5, 0.6) is 0 Å². The predicted octanol–water partition coefficient (Wildman–Crippen LogP) is 3.16. The standard InChI is InChI=1S/C11H20O/c1-5-9-8-12-7-6-10(9)11(2,3)4/h5-8H2,1-4H3. The Bertz CT molecular complexity index is 184. The highest BCUT2D eigenvalue weighted by atomic mass is 16.5. The van der Waals surface area contributed by atoms with Gasteiger partial charge in [-0.05, 0) is 23.8 Å². The van der Waals surface area contributed by atoms with E-state index in [0.717, 1.165) is 26.1 Å². The van der Waals surface area contributed by atoms with Gasteiger partial charge in [-0.1, -0.05) is 33.3 Å². The predicted molar refractivity (Wildman–Crippen MR) is 52.2 cm³/mol. The Morgan fingerprint density at radius 1 is 1.33 bits per heavy atom. The maximum absolute atomic E-state index is 5.44. The molecule has 0 amide bonds. The van der Waals surface area contributed by atoms with E-state index in [1.165, 1.54) is 5.57 Å². The summed E-state index contributed by atoms with van der Waals surface area (Å²) in [6.45, 7) is 10.9. The van der Waals surface area contributed by atoms with Crippen LogP contribution in [0.4, 0.5) is 0 Å². The third-order valence-corrected chi connectivity index (χ3v) is 2.53. The Labute approximate surface area is 75.8 Å². The van der Waals surface area contributed by atoms with Crippen molar-refractivity contribution in [3.8, 4) is 0 Å². The molecule has 0 fully saturated rings. The maximum Gasteiger partial charge on any atom is 0.0679 e. The van der Waals surface area contributed by atoms with Gasteiger partial charge < -0.3 is 4.74 Å². The molecule has 12 heavy (non-hydrogen) atoms. The van der Waals surface area contributed by atoms with Crippen LogP contribution < -0.4 is 0 Å². The van der Waals surface area contributed by atoms with Crippen LogP contribution in [-0.2, 0) is 4.74 Å². The molecule has 0 bridgehead atoms. The Kier molecular flexibility index (Phi) is 2.94. The van der Waals surface area contributed by atoms with E-state index in [1.807, 2.05) is 0 Å². The second-order valence-corrected chi connectivity index (χ2v) is 4.49. The minimum absolute atomic E-state index is 0.342. The molecule has 0 spiro atoms. The summed E-state index contributed by atoms with van der Waals surface area (Å²) in [6.07, 6.45) is 2.28. The average Bonchev–Trinajstić information content (AvgIpc) is 2.03. The lowest BCUT2D eigenvalue weighted by atomic mass is 9.80. The molecule has 1 aliphatic heterocycles. The van der Waals surface area contributed by atoms with Crippen LogP contribution in [0.25, 0.3) is 0 Å². The molecule has 0 aromatic carbocycles. The Morgan fingerprint density at radius 2 is 2.00 bits per heavy atom. The molecule has 1 aliphatic rings. The highest BCUT2D eigenvalue weighted by Crippen LogP contribution is 2.33. The molecule has 0 aromatic rings. The van der Waals surface area contributed by atoms with Gasteiger partial charge in [0.15, 0.2) is 0 Å². The minimum atomic E-state index is 0.342. The van der Waals surface area contributed by atoms with E-state index in [-0.39, 0.29) is 0 Å². The molecule has 1 heteroatoms. The quantitative estimate of drug-likeness (QED) is 0.546. The summed E-state index contributed by atoms with van der Waals surface area (Å²) in [5.74, 6) is 0. The third-order valence-electron chi connectivity index (χ3n) is 2.53. The van der Waals surface area contributed by atoms with E-state index in [9.17, 15) is 0 Å². The lowest BCUT2D eigenvalue weighted by Gasteiger charge is -2.30. The van der Waals surface area contributed by atoms with Gasteiger partial charge in [-0.3, -0.25) is 0 Å². The number of hydrogen-bond acceptors (Lipinski definition) is 1. The van der Waals surface area contributed by atoms with Crippen LogP contribution in [0.3, 0.4) is 0 Å². The smallest absolute Gasteiger partial charge is 0.0679 e. The van der Waals surface area contributed by atoms with Crippen molar-refractivity contribution in [2.75, 3.05) is 13.2 Å². The normalized spacial score (nSPS) is 20.0. The zero-order chi connectivity index (χ0) is 9.19. The summed E-state index contributed by atoms with van der Waals surface area (Å²) in [4.78, 5) is 0. The molecule has 0 N–H and O–H groups in total. The van der Waals surface area contributed by atoms with Crippen LogP contribution in [0.2, 0.25) is 0 Å². The SMILES string of the molecule is CCC1=C(C(C)(C)C)CCOC1. The first-order chi connectivity index (χ1) is 5.55. The van der Waals surface area contributed by atoms with Crippen LogP contribution in [0, 0.1) is 5.41 Å². The number of hydrogen-bond donors (Lipinski definition) is 0. The van der Waals surface area contributed by atoms with Gasteiger partial charge in [0.05, 0.1) is 13.2 Å². The fourth-order valence-electron chi connectivity index (χ4n) is 1.85. The van der Waals surface area contributed by atoms with Crippen molar-refractivity contribution in [1.29, 1.82) is 0 Å². The van der Waals surface area contributed by atoms with Crippen molar-refractivity contribution < 1.29 is 4.74 Å². The average molecular weight is 168 g/mol. The summed E-state index contributed by atoms with van der Waals surface area (Å²) in [6, 6.07) is 0. The van der Waals surface area contributed by atoms with Crippen molar-refractivity contribution in [2.24, 2.45) is 5.41 Å². The van der Waals surface area contributed by atoms with Gasteiger partial charge in [0.25, 0.3) is 0 Å². The highest BCUT2D eigenvalue weighted by molar-refractivity contribution is 5.22. The van der Waals surface area contributed by atoms with Crippen molar-refractivity contribution in [1.82, 2.24) is 0 Å². The Balaban J connectivity index is 2.87. The number of rotatable bonds is 1. The van der Waals surface area contributed by atoms with Crippen molar-refractivity contribution in [3.63, 3.8) is 0 Å².